The Bertz CT molecular complexity index is 1200. The first-order chi connectivity index (χ1) is 14.7. The molecule has 0 aliphatic heterocycles. The molecular weight excluding hydrogens is 382 g/mol. The lowest BCUT2D eigenvalue weighted by atomic mass is 9.49. The normalized spacial score (nSPS) is 27.0. The van der Waals surface area contributed by atoms with Crippen LogP contribution in [-0.4, -0.2) is 18.1 Å². The standard InChI is InChI=1S/C28H33NO2/c1-16(2)18-11-12-21-20(15-18)24-22(19-10-7-9-17(3)23(19)29-24)25-27(21,4)13-8-14-28(25,5)26(30)31-6/h7,9-12,15-16,25,29H,8,13-14H2,1-6H3/t25?,27-,28-/m1/s1. The quantitative estimate of drug-likeness (QED) is 0.459. The van der Waals surface area contributed by atoms with E-state index in [0.29, 0.717) is 5.92 Å². The van der Waals surface area contributed by atoms with E-state index in [9.17, 15) is 4.79 Å². The number of carbonyl (C=O) groups is 1. The number of nitrogens with one attached hydrogen (secondary N) is 1. The zero-order valence-electron chi connectivity index (χ0n) is 19.6. The largest absolute Gasteiger partial charge is 0.469 e. The fraction of sp³-hybridized carbons (Fsp3) is 0.464. The van der Waals surface area contributed by atoms with Crippen molar-refractivity contribution < 1.29 is 9.53 Å². The fourth-order valence-corrected chi connectivity index (χ4v) is 6.72. The lowest BCUT2D eigenvalue weighted by molar-refractivity contribution is -0.157. The number of methoxy groups -OCH3 is 1. The average Bonchev–Trinajstić information content (AvgIpc) is 3.13. The molecule has 0 saturated heterocycles. The van der Waals surface area contributed by atoms with E-state index in [1.54, 1.807) is 0 Å². The van der Waals surface area contributed by atoms with Crippen molar-refractivity contribution in [1.29, 1.82) is 0 Å². The maximum absolute atomic E-state index is 13.2. The second kappa shape index (κ2) is 6.72. The highest BCUT2D eigenvalue weighted by atomic mass is 16.5. The van der Waals surface area contributed by atoms with Crippen LogP contribution in [0.2, 0.25) is 0 Å². The first kappa shape index (κ1) is 20.4. The maximum Gasteiger partial charge on any atom is 0.312 e. The molecule has 1 fully saturated rings. The first-order valence-electron chi connectivity index (χ1n) is 11.6. The molecule has 1 saturated carbocycles. The van der Waals surface area contributed by atoms with Gasteiger partial charge in [-0.1, -0.05) is 57.5 Å². The number of fused-ring (bicyclic) bond motifs is 8. The molecule has 2 aliphatic carbocycles. The third-order valence-electron chi connectivity index (χ3n) is 8.28. The van der Waals surface area contributed by atoms with E-state index in [1.807, 2.05) is 0 Å². The monoisotopic (exact) mass is 415 g/mol. The lowest BCUT2D eigenvalue weighted by Crippen LogP contribution is -2.50. The minimum Gasteiger partial charge on any atom is -0.469 e. The van der Waals surface area contributed by atoms with Gasteiger partial charge >= 0.3 is 5.97 Å². The van der Waals surface area contributed by atoms with Crippen molar-refractivity contribution in [2.24, 2.45) is 5.41 Å². The number of aromatic amines is 1. The Kier molecular flexibility index (Phi) is 4.41. The van der Waals surface area contributed by atoms with Gasteiger partial charge in [-0.3, -0.25) is 4.79 Å². The molecule has 1 heterocycles. The zero-order valence-corrected chi connectivity index (χ0v) is 19.6. The van der Waals surface area contributed by atoms with Gasteiger partial charge in [-0.05, 0) is 60.9 Å². The third kappa shape index (κ3) is 2.62. The molecule has 3 heteroatoms. The van der Waals surface area contributed by atoms with Crippen molar-refractivity contribution >= 4 is 16.9 Å². The van der Waals surface area contributed by atoms with Gasteiger partial charge in [0.05, 0.1) is 18.2 Å². The van der Waals surface area contributed by atoms with Crippen molar-refractivity contribution in [1.82, 2.24) is 4.98 Å². The summed E-state index contributed by atoms with van der Waals surface area (Å²) in [5, 5.41) is 1.25. The van der Waals surface area contributed by atoms with Crippen LogP contribution in [0.3, 0.4) is 0 Å². The topological polar surface area (TPSA) is 42.1 Å². The predicted octanol–water partition coefficient (Wildman–Crippen LogP) is 6.98. The summed E-state index contributed by atoms with van der Waals surface area (Å²) in [7, 11) is 1.53. The average molecular weight is 416 g/mol. The number of ether oxygens (including phenoxy) is 1. The summed E-state index contributed by atoms with van der Waals surface area (Å²) in [4.78, 5) is 17.0. The second-order valence-electron chi connectivity index (χ2n) is 10.5. The predicted molar refractivity (Wildman–Crippen MR) is 127 cm³/mol. The highest BCUT2D eigenvalue weighted by Gasteiger charge is 2.58. The zero-order chi connectivity index (χ0) is 22.1. The van der Waals surface area contributed by atoms with Crippen molar-refractivity contribution in [3.63, 3.8) is 0 Å². The van der Waals surface area contributed by atoms with Crippen molar-refractivity contribution in [2.75, 3.05) is 7.11 Å². The van der Waals surface area contributed by atoms with Crippen molar-refractivity contribution in [3.8, 4) is 11.3 Å². The van der Waals surface area contributed by atoms with Crippen LogP contribution in [0.5, 0.6) is 0 Å². The summed E-state index contributed by atoms with van der Waals surface area (Å²) in [5.74, 6) is 0.458. The highest BCUT2D eigenvalue weighted by molar-refractivity contribution is 5.97. The Morgan fingerprint density at radius 2 is 1.94 bits per heavy atom. The Labute approximate surface area is 185 Å². The van der Waals surface area contributed by atoms with Crippen molar-refractivity contribution in [3.05, 3.63) is 58.7 Å². The first-order valence-corrected chi connectivity index (χ1v) is 11.6. The Hall–Kier alpha value is -2.55. The molecule has 3 aromatic rings. The summed E-state index contributed by atoms with van der Waals surface area (Å²) in [5.41, 5.74) is 8.30. The number of benzene rings is 2. The van der Waals surface area contributed by atoms with Crippen LogP contribution in [0.4, 0.5) is 0 Å². The minimum absolute atomic E-state index is 0.0733. The third-order valence-corrected chi connectivity index (χ3v) is 8.28. The lowest BCUT2D eigenvalue weighted by Gasteiger charge is -2.54. The van der Waals surface area contributed by atoms with E-state index in [-0.39, 0.29) is 17.3 Å². The molecule has 1 aromatic heterocycles. The van der Waals surface area contributed by atoms with E-state index in [2.05, 4.69) is 76.0 Å². The Morgan fingerprint density at radius 1 is 1.16 bits per heavy atom. The molecule has 3 atom stereocenters. The SMILES string of the molecule is COC(=O)[C@]1(C)CCC[C@]2(C)c3ccc(C(C)C)cc3-c3[nH]c4c(C)cccc4c3C12. The van der Waals surface area contributed by atoms with Gasteiger partial charge in [0.1, 0.15) is 0 Å². The number of hydrogen-bond donors (Lipinski definition) is 1. The molecule has 0 amide bonds. The van der Waals surface area contributed by atoms with Crippen LogP contribution in [0.25, 0.3) is 22.2 Å². The molecule has 31 heavy (non-hydrogen) atoms. The summed E-state index contributed by atoms with van der Waals surface area (Å²) < 4.78 is 5.40. The smallest absolute Gasteiger partial charge is 0.312 e. The molecule has 1 unspecified atom stereocenters. The number of rotatable bonds is 2. The van der Waals surface area contributed by atoms with Crippen LogP contribution in [0, 0.1) is 12.3 Å². The highest BCUT2D eigenvalue weighted by Crippen LogP contribution is 2.64. The molecule has 162 valence electrons. The van der Waals surface area contributed by atoms with Crippen LogP contribution >= 0.6 is 0 Å². The number of hydrogen-bond acceptors (Lipinski definition) is 2. The van der Waals surface area contributed by atoms with Gasteiger partial charge in [-0.25, -0.2) is 0 Å². The van der Waals surface area contributed by atoms with E-state index in [1.165, 1.54) is 51.5 Å². The van der Waals surface area contributed by atoms with Crippen LogP contribution < -0.4 is 0 Å². The van der Waals surface area contributed by atoms with E-state index in [4.69, 9.17) is 4.74 Å². The van der Waals surface area contributed by atoms with Crippen LogP contribution in [-0.2, 0) is 14.9 Å². The molecule has 1 N–H and O–H groups in total. The number of carbonyl (C=O) groups excluding carboxylic acids is 1. The molecule has 0 bridgehead atoms. The molecular formula is C28H33NO2. The number of para-hydroxylation sites is 1. The van der Waals surface area contributed by atoms with Gasteiger partial charge in [0.25, 0.3) is 0 Å². The molecule has 0 spiro atoms. The summed E-state index contributed by atoms with van der Waals surface area (Å²) >= 11 is 0. The number of aryl methyl sites for hydroxylation is 1. The fourth-order valence-electron chi connectivity index (χ4n) is 6.72. The van der Waals surface area contributed by atoms with Gasteiger partial charge in [0, 0.05) is 27.8 Å². The number of H-pyrrole nitrogens is 1. The molecule has 5 rings (SSSR count). The van der Waals surface area contributed by atoms with Gasteiger partial charge in [-0.15, -0.1) is 0 Å². The van der Waals surface area contributed by atoms with Crippen LogP contribution in [0.1, 0.15) is 81.0 Å². The van der Waals surface area contributed by atoms with Gasteiger partial charge in [-0.2, -0.15) is 0 Å². The molecule has 0 radical (unpaired) electrons. The number of esters is 1. The summed E-state index contributed by atoms with van der Waals surface area (Å²) in [6.45, 7) is 11.2. The van der Waals surface area contributed by atoms with Crippen molar-refractivity contribution in [2.45, 2.75) is 71.1 Å². The summed E-state index contributed by atoms with van der Waals surface area (Å²) in [6.07, 6.45) is 2.97. The molecule has 2 aromatic carbocycles. The van der Waals surface area contributed by atoms with E-state index >= 15 is 0 Å². The molecule has 3 nitrogen and oxygen atoms in total. The van der Waals surface area contributed by atoms with Gasteiger partial charge < -0.3 is 9.72 Å². The Morgan fingerprint density at radius 3 is 2.65 bits per heavy atom. The van der Waals surface area contributed by atoms with E-state index < -0.39 is 5.41 Å². The minimum atomic E-state index is -0.552. The van der Waals surface area contributed by atoms with Gasteiger partial charge in [0.15, 0.2) is 0 Å². The second-order valence-corrected chi connectivity index (χ2v) is 10.5. The Balaban J connectivity index is 1.91. The van der Waals surface area contributed by atoms with Crippen LogP contribution in [0.15, 0.2) is 36.4 Å². The van der Waals surface area contributed by atoms with Gasteiger partial charge in [0.2, 0.25) is 0 Å². The van der Waals surface area contributed by atoms with E-state index in [0.717, 1.165) is 19.3 Å². The number of aromatic nitrogens is 1. The molecule has 2 aliphatic rings. The maximum atomic E-state index is 13.2. The summed E-state index contributed by atoms with van der Waals surface area (Å²) in [6, 6.07) is 13.5.